The van der Waals surface area contributed by atoms with E-state index in [2.05, 4.69) is 68.5 Å². The Morgan fingerprint density at radius 3 is 2.79 bits per heavy atom. The van der Waals surface area contributed by atoms with Crippen molar-refractivity contribution in [3.05, 3.63) is 52.4 Å². The fourth-order valence-electron chi connectivity index (χ4n) is 2.31. The average molecular weight is 318 g/mol. The Bertz CT molecular complexity index is 571. The van der Waals surface area contributed by atoms with E-state index in [0.717, 1.165) is 22.7 Å². The van der Waals surface area contributed by atoms with Crippen molar-refractivity contribution in [3.8, 4) is 0 Å². The van der Waals surface area contributed by atoms with Gasteiger partial charge in [0.1, 0.15) is 16.2 Å². The zero-order chi connectivity index (χ0) is 13.2. The first kappa shape index (κ1) is 12.6. The molecule has 1 fully saturated rings. The molecule has 19 heavy (non-hydrogen) atoms. The number of aromatic nitrogens is 2. The molecule has 1 N–H and O–H groups in total. The first-order chi connectivity index (χ1) is 9.26. The van der Waals surface area contributed by atoms with Crippen LogP contribution in [0.3, 0.4) is 0 Å². The Kier molecular flexibility index (Phi) is 3.51. The third-order valence-corrected chi connectivity index (χ3v) is 3.82. The molecule has 98 valence electrons. The van der Waals surface area contributed by atoms with Crippen LogP contribution >= 0.6 is 15.9 Å². The molecule has 1 aromatic heterocycles. The number of nitrogens with zero attached hydrogens (tertiary/aromatic N) is 2. The van der Waals surface area contributed by atoms with Gasteiger partial charge in [-0.25, -0.2) is 9.97 Å². The van der Waals surface area contributed by atoms with E-state index in [1.54, 1.807) is 0 Å². The molecule has 2 unspecified atom stereocenters. The molecule has 1 aliphatic rings. The molecule has 0 radical (unpaired) electrons. The highest BCUT2D eigenvalue weighted by atomic mass is 79.9. The van der Waals surface area contributed by atoms with Gasteiger partial charge in [-0.3, -0.25) is 0 Å². The maximum atomic E-state index is 4.51. The van der Waals surface area contributed by atoms with Gasteiger partial charge in [0.05, 0.1) is 0 Å². The van der Waals surface area contributed by atoms with E-state index in [0.29, 0.717) is 12.0 Å². The molecular formula is C15H16BrN3. The molecule has 0 saturated heterocycles. The molecule has 0 spiro atoms. The molecule has 1 aliphatic carbocycles. The third-order valence-electron chi connectivity index (χ3n) is 3.41. The molecule has 4 heteroatoms. The Hall–Kier alpha value is -1.42. The molecule has 1 aromatic carbocycles. The minimum Gasteiger partial charge on any atom is -0.367 e. The number of hydrogen-bond donors (Lipinski definition) is 1. The molecule has 3 nitrogen and oxygen atoms in total. The second-order valence-corrected chi connectivity index (χ2v) is 5.66. The van der Waals surface area contributed by atoms with E-state index < -0.39 is 0 Å². The lowest BCUT2D eigenvalue weighted by molar-refractivity contribution is 0.917. The molecule has 0 aliphatic heterocycles. The van der Waals surface area contributed by atoms with E-state index >= 15 is 0 Å². The first-order valence-electron chi connectivity index (χ1n) is 6.61. The van der Waals surface area contributed by atoms with Crippen molar-refractivity contribution in [2.45, 2.75) is 31.7 Å². The number of halogens is 1. The molecule has 0 bridgehead atoms. The number of hydrogen-bond acceptors (Lipinski definition) is 3. The highest BCUT2D eigenvalue weighted by Gasteiger charge is 2.38. The number of nitrogens with one attached hydrogen (secondary N) is 1. The molecule has 3 rings (SSSR count). The van der Waals surface area contributed by atoms with Crippen LogP contribution in [0.1, 0.15) is 30.7 Å². The van der Waals surface area contributed by atoms with Gasteiger partial charge in [0, 0.05) is 24.4 Å². The van der Waals surface area contributed by atoms with E-state index in [1.165, 1.54) is 12.0 Å². The summed E-state index contributed by atoms with van der Waals surface area (Å²) in [5.74, 6) is 2.40. The minimum absolute atomic E-state index is 0.494. The summed E-state index contributed by atoms with van der Waals surface area (Å²) in [5.41, 5.74) is 1.41. The van der Waals surface area contributed by atoms with Crippen molar-refractivity contribution < 1.29 is 0 Å². The lowest BCUT2D eigenvalue weighted by Gasteiger charge is -2.07. The van der Waals surface area contributed by atoms with Crippen LogP contribution in [0.4, 0.5) is 5.82 Å². The summed E-state index contributed by atoms with van der Waals surface area (Å²) in [4.78, 5) is 8.83. The van der Waals surface area contributed by atoms with Crippen molar-refractivity contribution in [2.24, 2.45) is 0 Å². The fraction of sp³-hybridized carbons (Fsp3) is 0.333. The van der Waals surface area contributed by atoms with E-state index in [4.69, 9.17) is 0 Å². The Morgan fingerprint density at radius 1 is 1.26 bits per heavy atom. The molecule has 1 heterocycles. The van der Waals surface area contributed by atoms with Crippen molar-refractivity contribution in [1.82, 2.24) is 9.97 Å². The van der Waals surface area contributed by atoms with E-state index in [1.807, 2.05) is 6.07 Å². The number of aryl methyl sites for hydroxylation is 1. The van der Waals surface area contributed by atoms with Crippen LogP contribution in [0.5, 0.6) is 0 Å². The van der Waals surface area contributed by atoms with Crippen LogP contribution in [-0.4, -0.2) is 16.0 Å². The Balaban J connectivity index is 1.69. The first-order valence-corrected chi connectivity index (χ1v) is 7.40. The van der Waals surface area contributed by atoms with Gasteiger partial charge in [-0.1, -0.05) is 37.3 Å². The third kappa shape index (κ3) is 2.95. The average Bonchev–Trinajstić information content (AvgIpc) is 3.18. The quantitative estimate of drug-likeness (QED) is 0.872. The van der Waals surface area contributed by atoms with Gasteiger partial charge in [-0.05, 0) is 27.9 Å². The van der Waals surface area contributed by atoms with Gasteiger partial charge in [0.15, 0.2) is 0 Å². The summed E-state index contributed by atoms with van der Waals surface area (Å²) in [6, 6.07) is 13.1. The highest BCUT2D eigenvalue weighted by molar-refractivity contribution is 9.10. The molecule has 0 amide bonds. The number of anilines is 1. The van der Waals surface area contributed by atoms with E-state index in [9.17, 15) is 0 Å². The smallest absolute Gasteiger partial charge is 0.131 e. The van der Waals surface area contributed by atoms with Crippen molar-refractivity contribution >= 4 is 21.7 Å². The van der Waals surface area contributed by atoms with Crippen LogP contribution < -0.4 is 5.32 Å². The second kappa shape index (κ2) is 5.29. The summed E-state index contributed by atoms with van der Waals surface area (Å²) in [6.45, 7) is 2.06. The van der Waals surface area contributed by atoms with Crippen LogP contribution in [0, 0.1) is 0 Å². The second-order valence-electron chi connectivity index (χ2n) is 4.85. The zero-order valence-corrected chi connectivity index (χ0v) is 12.4. The summed E-state index contributed by atoms with van der Waals surface area (Å²) in [6.07, 6.45) is 2.02. The maximum absolute atomic E-state index is 4.51. The predicted octanol–water partition coefficient (Wildman–Crippen LogP) is 3.77. The summed E-state index contributed by atoms with van der Waals surface area (Å²) < 4.78 is 0.846. The molecular weight excluding hydrogens is 302 g/mol. The number of benzene rings is 1. The van der Waals surface area contributed by atoms with Crippen molar-refractivity contribution in [3.63, 3.8) is 0 Å². The largest absolute Gasteiger partial charge is 0.367 e. The van der Waals surface area contributed by atoms with Gasteiger partial charge in [0.2, 0.25) is 0 Å². The summed E-state index contributed by atoms with van der Waals surface area (Å²) in [5, 5.41) is 3.50. The van der Waals surface area contributed by atoms with Crippen molar-refractivity contribution in [2.75, 3.05) is 5.32 Å². The van der Waals surface area contributed by atoms with Gasteiger partial charge in [-0.15, -0.1) is 0 Å². The van der Waals surface area contributed by atoms with Gasteiger partial charge >= 0.3 is 0 Å². The van der Waals surface area contributed by atoms with E-state index in [-0.39, 0.29) is 0 Å². The SMILES string of the molecule is CCc1nc(Br)cc(NC2CC2c2ccccc2)n1. The standard InChI is InChI=1S/C15H16BrN3/c1-2-14-18-13(16)9-15(19-14)17-12-8-11(12)10-6-4-3-5-7-10/h3-7,9,11-12H,2,8H2,1H3,(H,17,18,19). The maximum Gasteiger partial charge on any atom is 0.131 e. The lowest BCUT2D eigenvalue weighted by atomic mass is 10.1. The minimum atomic E-state index is 0.494. The monoisotopic (exact) mass is 317 g/mol. The summed E-state index contributed by atoms with van der Waals surface area (Å²) in [7, 11) is 0. The molecule has 2 aromatic rings. The Labute approximate surface area is 121 Å². The fourth-order valence-corrected chi connectivity index (χ4v) is 2.73. The highest BCUT2D eigenvalue weighted by Crippen LogP contribution is 2.42. The molecule has 1 saturated carbocycles. The normalized spacial score (nSPS) is 21.2. The topological polar surface area (TPSA) is 37.8 Å². The zero-order valence-electron chi connectivity index (χ0n) is 10.8. The predicted molar refractivity (Wildman–Crippen MR) is 80.3 cm³/mol. The van der Waals surface area contributed by atoms with Crippen LogP contribution in [0.15, 0.2) is 41.0 Å². The number of rotatable bonds is 4. The molecule has 2 atom stereocenters. The van der Waals surface area contributed by atoms with Gasteiger partial charge in [0.25, 0.3) is 0 Å². The van der Waals surface area contributed by atoms with Crippen LogP contribution in [0.25, 0.3) is 0 Å². The summed E-state index contributed by atoms with van der Waals surface area (Å²) >= 11 is 3.43. The van der Waals surface area contributed by atoms with Crippen molar-refractivity contribution in [1.29, 1.82) is 0 Å². The Morgan fingerprint density at radius 2 is 2.05 bits per heavy atom. The van der Waals surface area contributed by atoms with Crippen LogP contribution in [-0.2, 0) is 6.42 Å². The lowest BCUT2D eigenvalue weighted by Crippen LogP contribution is -2.08. The van der Waals surface area contributed by atoms with Gasteiger partial charge in [-0.2, -0.15) is 0 Å². The van der Waals surface area contributed by atoms with Crippen LogP contribution in [0.2, 0.25) is 0 Å². The van der Waals surface area contributed by atoms with Gasteiger partial charge < -0.3 is 5.32 Å².